The minimum Gasteiger partial charge on any atom is -0.396 e. The van der Waals surface area contributed by atoms with Gasteiger partial charge in [-0.2, -0.15) is 0 Å². The quantitative estimate of drug-likeness (QED) is 0.472. The van der Waals surface area contributed by atoms with E-state index in [0.29, 0.717) is 28.0 Å². The van der Waals surface area contributed by atoms with Crippen molar-refractivity contribution in [2.45, 2.75) is 20.3 Å². The number of hydrogen-bond donors (Lipinski definition) is 2. The van der Waals surface area contributed by atoms with Crippen LogP contribution < -0.4 is 11.1 Å². The number of rotatable bonds is 5. The maximum absolute atomic E-state index is 13.3. The van der Waals surface area contributed by atoms with E-state index in [1.807, 2.05) is 55.5 Å². The molecule has 3 N–H and O–H groups in total. The molecule has 30 heavy (non-hydrogen) atoms. The second kappa shape index (κ2) is 7.87. The summed E-state index contributed by atoms with van der Waals surface area (Å²) in [5, 5.41) is 2.90. The van der Waals surface area contributed by atoms with Crippen molar-refractivity contribution in [2.24, 2.45) is 0 Å². The molecule has 0 fully saturated rings. The lowest BCUT2D eigenvalue weighted by atomic mass is 10.0. The van der Waals surface area contributed by atoms with Crippen LogP contribution in [0, 0.1) is 6.92 Å². The van der Waals surface area contributed by atoms with Crippen LogP contribution in [0.25, 0.3) is 5.52 Å². The summed E-state index contributed by atoms with van der Waals surface area (Å²) in [6.45, 7) is 4.02. The van der Waals surface area contributed by atoms with Crippen molar-refractivity contribution in [3.63, 3.8) is 0 Å². The SMILES string of the molecule is CCc1ccc(C(=O)c2c(N)c(C(=O)Nc3cccc(C)c3)c3ccccn23)cc1. The van der Waals surface area contributed by atoms with Crippen LogP contribution in [0.4, 0.5) is 11.4 Å². The highest BCUT2D eigenvalue weighted by Gasteiger charge is 2.26. The van der Waals surface area contributed by atoms with E-state index in [1.54, 1.807) is 28.8 Å². The zero-order chi connectivity index (χ0) is 21.3. The number of fused-ring (bicyclic) bond motifs is 1. The van der Waals surface area contributed by atoms with Gasteiger partial charge >= 0.3 is 0 Å². The average molecular weight is 397 g/mol. The molecule has 2 heterocycles. The zero-order valence-electron chi connectivity index (χ0n) is 17.0. The number of hydrogen-bond acceptors (Lipinski definition) is 3. The lowest BCUT2D eigenvalue weighted by molar-refractivity contribution is 0.102. The number of aromatic nitrogens is 1. The summed E-state index contributed by atoms with van der Waals surface area (Å²) in [5.41, 5.74) is 11.2. The van der Waals surface area contributed by atoms with Crippen molar-refractivity contribution >= 4 is 28.6 Å². The fourth-order valence-electron chi connectivity index (χ4n) is 3.64. The van der Waals surface area contributed by atoms with Gasteiger partial charge in [-0.1, -0.05) is 49.4 Å². The standard InChI is InChI=1S/C25H23N3O2/c1-3-17-10-12-18(13-11-17)24(29)23-22(26)21(20-9-4-5-14-28(20)23)25(30)27-19-8-6-7-16(2)15-19/h4-15H,3,26H2,1-2H3,(H,27,30). The Bertz CT molecular complexity index is 1250. The first-order chi connectivity index (χ1) is 14.5. The molecule has 0 spiro atoms. The van der Waals surface area contributed by atoms with Crippen molar-refractivity contribution in [3.05, 3.63) is 101 Å². The van der Waals surface area contributed by atoms with Gasteiger partial charge in [-0.05, 0) is 48.7 Å². The minimum absolute atomic E-state index is 0.177. The number of carbonyl (C=O) groups excluding carboxylic acids is 2. The summed E-state index contributed by atoms with van der Waals surface area (Å²) in [6, 6.07) is 20.4. The molecular weight excluding hydrogens is 374 g/mol. The van der Waals surface area contributed by atoms with Crippen LogP contribution in [0.2, 0.25) is 0 Å². The Morgan fingerprint density at radius 3 is 2.47 bits per heavy atom. The topological polar surface area (TPSA) is 76.6 Å². The van der Waals surface area contributed by atoms with Crippen LogP contribution in [0.3, 0.4) is 0 Å². The first kappa shape index (κ1) is 19.5. The van der Waals surface area contributed by atoms with Crippen molar-refractivity contribution in [2.75, 3.05) is 11.1 Å². The first-order valence-electron chi connectivity index (χ1n) is 9.89. The molecule has 0 atom stereocenters. The van der Waals surface area contributed by atoms with E-state index in [1.165, 1.54) is 0 Å². The Morgan fingerprint density at radius 2 is 1.77 bits per heavy atom. The molecule has 5 heteroatoms. The number of carbonyl (C=O) groups is 2. The number of aryl methyl sites for hydroxylation is 2. The average Bonchev–Trinajstić information content (AvgIpc) is 3.05. The van der Waals surface area contributed by atoms with Crippen molar-refractivity contribution < 1.29 is 9.59 Å². The Labute approximate surface area is 175 Å². The molecule has 150 valence electrons. The second-order valence-electron chi connectivity index (χ2n) is 7.30. The van der Waals surface area contributed by atoms with Gasteiger partial charge in [-0.15, -0.1) is 0 Å². The molecule has 0 aliphatic heterocycles. The Balaban J connectivity index is 1.79. The lowest BCUT2D eigenvalue weighted by Gasteiger charge is -2.06. The van der Waals surface area contributed by atoms with E-state index in [9.17, 15) is 9.59 Å². The summed E-state index contributed by atoms with van der Waals surface area (Å²) in [6.07, 6.45) is 2.65. The molecule has 2 aromatic heterocycles. The Kier molecular flexibility index (Phi) is 5.11. The monoisotopic (exact) mass is 397 g/mol. The van der Waals surface area contributed by atoms with Crippen LogP contribution >= 0.6 is 0 Å². The van der Waals surface area contributed by atoms with Gasteiger partial charge in [0.15, 0.2) is 0 Å². The predicted molar refractivity (Wildman–Crippen MR) is 120 cm³/mol. The molecule has 0 aliphatic carbocycles. The molecule has 5 nitrogen and oxygen atoms in total. The fourth-order valence-corrected chi connectivity index (χ4v) is 3.64. The zero-order valence-corrected chi connectivity index (χ0v) is 17.0. The minimum atomic E-state index is -0.345. The van der Waals surface area contributed by atoms with Gasteiger partial charge in [0.25, 0.3) is 5.91 Å². The molecule has 2 aromatic carbocycles. The third-order valence-electron chi connectivity index (χ3n) is 5.22. The Morgan fingerprint density at radius 1 is 1.00 bits per heavy atom. The molecular formula is C25H23N3O2. The molecule has 1 amide bonds. The van der Waals surface area contributed by atoms with Crippen LogP contribution in [0.15, 0.2) is 72.9 Å². The van der Waals surface area contributed by atoms with Gasteiger partial charge in [0.05, 0.1) is 16.8 Å². The summed E-state index contributed by atoms with van der Waals surface area (Å²) >= 11 is 0. The molecule has 4 rings (SSSR count). The highest BCUT2D eigenvalue weighted by Crippen LogP contribution is 2.29. The molecule has 4 aromatic rings. The van der Waals surface area contributed by atoms with Gasteiger partial charge < -0.3 is 15.5 Å². The highest BCUT2D eigenvalue weighted by atomic mass is 16.2. The lowest BCUT2D eigenvalue weighted by Crippen LogP contribution is -2.14. The van der Waals surface area contributed by atoms with Crippen LogP contribution in [0.1, 0.15) is 44.5 Å². The summed E-state index contributed by atoms with van der Waals surface area (Å²) in [7, 11) is 0. The van der Waals surface area contributed by atoms with E-state index in [0.717, 1.165) is 17.5 Å². The van der Waals surface area contributed by atoms with Crippen molar-refractivity contribution in [1.82, 2.24) is 4.40 Å². The van der Waals surface area contributed by atoms with Gasteiger partial charge in [0, 0.05) is 17.4 Å². The maximum atomic E-state index is 13.3. The number of amides is 1. The highest BCUT2D eigenvalue weighted by molar-refractivity contribution is 6.20. The molecule has 0 saturated heterocycles. The van der Waals surface area contributed by atoms with Crippen LogP contribution in [0.5, 0.6) is 0 Å². The number of nitrogen functional groups attached to an aromatic ring is 1. The van der Waals surface area contributed by atoms with Crippen molar-refractivity contribution in [3.8, 4) is 0 Å². The number of nitrogens with two attached hydrogens (primary N) is 1. The Hall–Kier alpha value is -3.86. The van der Waals surface area contributed by atoms with Gasteiger partial charge in [-0.3, -0.25) is 9.59 Å². The van der Waals surface area contributed by atoms with Gasteiger partial charge in [-0.25, -0.2) is 0 Å². The normalized spacial score (nSPS) is 10.9. The molecule has 0 saturated carbocycles. The van der Waals surface area contributed by atoms with Gasteiger partial charge in [0.1, 0.15) is 5.69 Å². The van der Waals surface area contributed by atoms with Gasteiger partial charge in [0.2, 0.25) is 5.78 Å². The summed E-state index contributed by atoms with van der Waals surface area (Å²) in [5.74, 6) is -0.562. The smallest absolute Gasteiger partial charge is 0.259 e. The number of nitrogens with zero attached hydrogens (tertiary/aromatic N) is 1. The predicted octanol–water partition coefficient (Wildman–Crippen LogP) is 4.88. The maximum Gasteiger partial charge on any atom is 0.259 e. The van der Waals surface area contributed by atoms with Crippen LogP contribution in [-0.4, -0.2) is 16.1 Å². The first-order valence-corrected chi connectivity index (χ1v) is 9.89. The second-order valence-corrected chi connectivity index (χ2v) is 7.30. The number of nitrogens with one attached hydrogen (secondary N) is 1. The number of anilines is 2. The van der Waals surface area contributed by atoms with E-state index in [4.69, 9.17) is 5.73 Å². The third-order valence-corrected chi connectivity index (χ3v) is 5.22. The molecule has 0 aliphatic rings. The summed E-state index contributed by atoms with van der Waals surface area (Å²) < 4.78 is 1.69. The van der Waals surface area contributed by atoms with E-state index in [2.05, 4.69) is 12.2 Å². The molecule has 0 radical (unpaired) electrons. The molecule has 0 bridgehead atoms. The van der Waals surface area contributed by atoms with E-state index in [-0.39, 0.29) is 17.4 Å². The fraction of sp³-hybridized carbons (Fsp3) is 0.120. The summed E-state index contributed by atoms with van der Waals surface area (Å²) in [4.78, 5) is 26.4. The van der Waals surface area contributed by atoms with Crippen molar-refractivity contribution in [1.29, 1.82) is 0 Å². The van der Waals surface area contributed by atoms with E-state index >= 15 is 0 Å². The van der Waals surface area contributed by atoms with Crippen LogP contribution in [-0.2, 0) is 6.42 Å². The number of ketones is 1. The number of pyridine rings is 1. The molecule has 0 unspecified atom stereocenters. The number of benzene rings is 2. The van der Waals surface area contributed by atoms with E-state index < -0.39 is 0 Å². The third kappa shape index (κ3) is 3.46. The largest absolute Gasteiger partial charge is 0.396 e.